The van der Waals surface area contributed by atoms with E-state index in [1.165, 1.54) is 42.5 Å². The van der Waals surface area contributed by atoms with E-state index in [4.69, 9.17) is 13.1 Å². The molecule has 0 saturated heterocycles. The fourth-order valence-electron chi connectivity index (χ4n) is 4.97. The molecule has 1 aliphatic rings. The third-order valence-corrected chi connectivity index (χ3v) is 12.6. The molecule has 20 heteroatoms. The van der Waals surface area contributed by atoms with Crippen LogP contribution in [-0.4, -0.2) is 51.1 Å². The summed E-state index contributed by atoms with van der Waals surface area (Å²) in [5.41, 5.74) is -1.97. The lowest BCUT2D eigenvalue weighted by Crippen LogP contribution is -2.49. The Hall–Kier alpha value is -3.69. The van der Waals surface area contributed by atoms with Crippen molar-refractivity contribution >= 4 is 51.9 Å². The van der Waals surface area contributed by atoms with Crippen molar-refractivity contribution in [1.82, 2.24) is 0 Å². The summed E-state index contributed by atoms with van der Waals surface area (Å²) in [6.07, 6.45) is -11.3. The van der Waals surface area contributed by atoms with Crippen LogP contribution in [0.15, 0.2) is 110 Å². The first-order valence-electron chi connectivity index (χ1n) is 14.8. The second-order valence-electron chi connectivity index (χ2n) is 11.4. The molecule has 2 unspecified atom stereocenters. The molecule has 0 spiro atoms. The van der Waals surface area contributed by atoms with Gasteiger partial charge in [-0.1, -0.05) is 45.8 Å². The maximum absolute atomic E-state index is 14.0. The molecule has 52 heavy (non-hydrogen) atoms. The summed E-state index contributed by atoms with van der Waals surface area (Å²) >= 11 is 3.21. The third-order valence-electron chi connectivity index (χ3n) is 7.72. The van der Waals surface area contributed by atoms with Crippen LogP contribution in [0.1, 0.15) is 16.7 Å². The zero-order valence-corrected chi connectivity index (χ0v) is 30.5. The van der Waals surface area contributed by atoms with Crippen molar-refractivity contribution in [2.45, 2.75) is 40.1 Å². The molecule has 0 saturated carbocycles. The van der Waals surface area contributed by atoms with Gasteiger partial charge in [-0.25, -0.2) is 8.42 Å². The molecular formula is C32H26BrF6NO9S3. The zero-order chi connectivity index (χ0) is 38.3. The molecule has 0 amide bonds. The smallest absolute Gasteiger partial charge is 0.416 e. The van der Waals surface area contributed by atoms with Crippen LogP contribution in [0.5, 0.6) is 5.75 Å². The van der Waals surface area contributed by atoms with Crippen molar-refractivity contribution < 1.29 is 64.7 Å². The number of alkyl halides is 6. The molecule has 2 atom stereocenters. The highest BCUT2D eigenvalue weighted by molar-refractivity contribution is 9.10. The summed E-state index contributed by atoms with van der Waals surface area (Å²) in [7, 11) is -14.3. The average Bonchev–Trinajstić information content (AvgIpc) is 3.07. The molecule has 0 aliphatic carbocycles. The lowest BCUT2D eigenvalue weighted by molar-refractivity contribution is -0.138. The summed E-state index contributed by atoms with van der Waals surface area (Å²) in [5, 5.41) is 0. The predicted octanol–water partition coefficient (Wildman–Crippen LogP) is 7.18. The van der Waals surface area contributed by atoms with Gasteiger partial charge in [-0.05, 0) is 73.7 Å². The summed E-state index contributed by atoms with van der Waals surface area (Å²) in [5.74, 6) is -1.64. The molecule has 0 radical (unpaired) electrons. The van der Waals surface area contributed by atoms with Gasteiger partial charge in [0.05, 0.1) is 51.3 Å². The van der Waals surface area contributed by atoms with Gasteiger partial charge >= 0.3 is 12.4 Å². The molecule has 5 rings (SSSR count). The van der Waals surface area contributed by atoms with Crippen LogP contribution in [0.3, 0.4) is 0 Å². The van der Waals surface area contributed by atoms with Gasteiger partial charge in [0.25, 0.3) is 30.3 Å². The van der Waals surface area contributed by atoms with Crippen LogP contribution in [0.25, 0.3) is 0 Å². The summed E-state index contributed by atoms with van der Waals surface area (Å²) in [4.78, 5) is -1.93. The van der Waals surface area contributed by atoms with Crippen molar-refractivity contribution in [2.24, 2.45) is 5.92 Å². The average molecular weight is 859 g/mol. The first-order valence-corrected chi connectivity index (χ1v) is 19.8. The summed E-state index contributed by atoms with van der Waals surface area (Å²) in [6.45, 7) is -0.933. The molecule has 0 bridgehead atoms. The molecular weight excluding hydrogens is 832 g/mol. The van der Waals surface area contributed by atoms with Gasteiger partial charge in [-0.15, -0.1) is 0 Å². The molecule has 1 heterocycles. The van der Waals surface area contributed by atoms with Crippen molar-refractivity contribution in [2.75, 3.05) is 24.1 Å². The number of sulfonamides is 1. The van der Waals surface area contributed by atoms with E-state index in [9.17, 15) is 51.6 Å². The van der Waals surface area contributed by atoms with Crippen LogP contribution >= 0.6 is 15.9 Å². The van der Waals surface area contributed by atoms with E-state index in [1.807, 2.05) is 0 Å². The van der Waals surface area contributed by atoms with Crippen LogP contribution in [0, 0.1) is 12.8 Å². The zero-order valence-electron chi connectivity index (χ0n) is 26.4. The van der Waals surface area contributed by atoms with Crippen molar-refractivity contribution in [1.29, 1.82) is 0 Å². The Morgan fingerprint density at radius 3 is 1.81 bits per heavy atom. The van der Waals surface area contributed by atoms with E-state index < -0.39 is 95.3 Å². The lowest BCUT2D eigenvalue weighted by atomic mass is 10.0. The third kappa shape index (κ3) is 8.91. The molecule has 1 aliphatic heterocycles. The molecule has 280 valence electrons. The number of nitrogens with zero attached hydrogens (tertiary/aromatic N) is 1. The van der Waals surface area contributed by atoms with E-state index in [2.05, 4.69) is 15.9 Å². The molecule has 0 fully saturated rings. The fraction of sp³-hybridized carbons (Fsp3) is 0.250. The minimum Gasteiger partial charge on any atom is -0.486 e. The highest BCUT2D eigenvalue weighted by atomic mass is 79.9. The summed E-state index contributed by atoms with van der Waals surface area (Å²) < 4.78 is 178. The fourth-order valence-corrected chi connectivity index (χ4v) is 8.81. The Balaban J connectivity index is 1.53. The highest BCUT2D eigenvalue weighted by Gasteiger charge is 2.41. The number of fused-ring (bicyclic) bond motifs is 1. The Bertz CT molecular complexity index is 2290. The highest BCUT2D eigenvalue weighted by Crippen LogP contribution is 2.41. The standard InChI is InChI=1S/C32H26BrF6NO9S3/c1-20-8-11-25(12-9-20)51(43,44)47-18-21(19-48-52(45,46)27-7-3-5-23(15-27)32(37,38)39)30-17-40(28-16-24(33)10-13-29(28)49-30)50(41,42)26-6-2-4-22(14-26)31(34,35)36/h2-16,21,30H,17-19H2,1H3. The van der Waals surface area contributed by atoms with E-state index in [0.717, 1.165) is 24.3 Å². The number of aryl methyl sites for hydroxylation is 1. The molecule has 0 aromatic heterocycles. The van der Waals surface area contributed by atoms with Gasteiger partial charge in [0, 0.05) is 10.4 Å². The van der Waals surface area contributed by atoms with Gasteiger partial charge in [0.1, 0.15) is 11.9 Å². The first-order chi connectivity index (χ1) is 24.1. The van der Waals surface area contributed by atoms with Crippen LogP contribution in [0.2, 0.25) is 0 Å². The number of halogens is 7. The van der Waals surface area contributed by atoms with E-state index in [1.54, 1.807) is 6.92 Å². The van der Waals surface area contributed by atoms with Gasteiger partial charge in [0.2, 0.25) is 0 Å². The normalized spacial score (nSPS) is 16.2. The Kier molecular flexibility index (Phi) is 11.1. The van der Waals surface area contributed by atoms with Gasteiger partial charge in [-0.2, -0.15) is 43.2 Å². The number of rotatable bonds is 11. The Labute approximate surface area is 303 Å². The SMILES string of the molecule is Cc1ccc(S(=O)(=O)OCC(COS(=O)(=O)c2cccc(C(F)(F)F)c2)C2CN(S(=O)(=O)c3cccc(C(F)(F)F)c3)c3cc(Br)ccc3O2)cc1. The number of benzene rings is 4. The summed E-state index contributed by atoms with van der Waals surface area (Å²) in [6, 6.07) is 15.1. The minimum absolute atomic E-state index is 0.132. The van der Waals surface area contributed by atoms with Crippen LogP contribution in [-0.2, 0) is 51.0 Å². The van der Waals surface area contributed by atoms with E-state index in [0.29, 0.717) is 38.6 Å². The quantitative estimate of drug-likeness (QED) is 0.114. The van der Waals surface area contributed by atoms with Gasteiger partial charge in [0.15, 0.2) is 0 Å². The van der Waals surface area contributed by atoms with Crippen molar-refractivity contribution in [3.05, 3.63) is 112 Å². The molecule has 4 aromatic carbocycles. The number of hydrogen-bond donors (Lipinski definition) is 0. The molecule has 0 N–H and O–H groups in total. The van der Waals surface area contributed by atoms with E-state index >= 15 is 0 Å². The molecule has 10 nitrogen and oxygen atoms in total. The minimum atomic E-state index is -4.96. The Morgan fingerprint density at radius 1 is 0.731 bits per heavy atom. The first kappa shape index (κ1) is 39.5. The predicted molar refractivity (Wildman–Crippen MR) is 177 cm³/mol. The van der Waals surface area contributed by atoms with E-state index in [-0.39, 0.29) is 16.3 Å². The van der Waals surface area contributed by atoms with Crippen LogP contribution in [0.4, 0.5) is 32.0 Å². The number of hydrogen-bond acceptors (Lipinski definition) is 9. The van der Waals surface area contributed by atoms with Gasteiger partial charge in [-0.3, -0.25) is 12.7 Å². The van der Waals surface area contributed by atoms with Gasteiger partial charge < -0.3 is 4.74 Å². The second-order valence-corrected chi connectivity index (χ2v) is 17.4. The van der Waals surface area contributed by atoms with Crippen molar-refractivity contribution in [3.63, 3.8) is 0 Å². The van der Waals surface area contributed by atoms with Crippen LogP contribution < -0.4 is 9.04 Å². The van der Waals surface area contributed by atoms with Crippen molar-refractivity contribution in [3.8, 4) is 5.75 Å². The maximum Gasteiger partial charge on any atom is 0.416 e. The topological polar surface area (TPSA) is 133 Å². The number of ether oxygens (including phenoxy) is 1. The maximum atomic E-state index is 14.0. The number of anilines is 1. The monoisotopic (exact) mass is 857 g/mol. The molecule has 4 aromatic rings. The second kappa shape index (κ2) is 14.6. The lowest BCUT2D eigenvalue weighted by Gasteiger charge is -2.38. The largest absolute Gasteiger partial charge is 0.486 e. The Morgan fingerprint density at radius 2 is 1.25 bits per heavy atom.